The molecule has 0 amide bonds. The Kier molecular flexibility index (Phi) is 11.0. The van der Waals surface area contributed by atoms with Gasteiger partial charge in [0.15, 0.2) is 0 Å². The smallest absolute Gasteiger partial charge is 0.338 e. The van der Waals surface area contributed by atoms with Crippen LogP contribution in [-0.2, 0) is 9.47 Å². The Hall–Kier alpha value is -6.14. The van der Waals surface area contributed by atoms with Gasteiger partial charge in [0.05, 0.1) is 25.3 Å². The Morgan fingerprint density at radius 3 is 0.917 bits per heavy atom. The van der Waals surface area contributed by atoms with Gasteiger partial charge >= 0.3 is 11.9 Å². The van der Waals surface area contributed by atoms with E-state index in [2.05, 4.69) is 117 Å². The Morgan fingerprint density at radius 2 is 0.646 bits per heavy atom. The number of aryl methyl sites for hydroxylation is 2. The summed E-state index contributed by atoms with van der Waals surface area (Å²) in [6.07, 6.45) is 0. The summed E-state index contributed by atoms with van der Waals surface area (Å²) in [6.45, 7) is 3.76. The number of esters is 2. The van der Waals surface area contributed by atoms with E-state index in [4.69, 9.17) is 0 Å². The van der Waals surface area contributed by atoms with Crippen molar-refractivity contribution in [1.29, 1.82) is 0 Å². The predicted molar refractivity (Wildman–Crippen MR) is 197 cm³/mol. The first-order valence-electron chi connectivity index (χ1n) is 15.6. The second kappa shape index (κ2) is 15.9. The van der Waals surface area contributed by atoms with Crippen molar-refractivity contribution in [2.24, 2.45) is 0 Å². The lowest BCUT2D eigenvalue weighted by molar-refractivity contribution is 0.0591. The molecule has 8 aromatic rings. The number of fused-ring (bicyclic) bond motifs is 6. The summed E-state index contributed by atoms with van der Waals surface area (Å²) in [4.78, 5) is 28.8. The van der Waals surface area contributed by atoms with Gasteiger partial charge in [-0.15, -0.1) is 0 Å². The number of carbonyl (C=O) groups is 2. The van der Waals surface area contributed by atoms with Gasteiger partial charge in [-0.2, -0.15) is 0 Å². The quantitative estimate of drug-likeness (QED) is 0.185. The molecule has 0 unspecified atom stereocenters. The van der Waals surface area contributed by atoms with E-state index in [1.54, 1.807) is 12.1 Å². The zero-order chi connectivity index (χ0) is 33.9. The highest BCUT2D eigenvalue weighted by atomic mass is 16.5. The van der Waals surface area contributed by atoms with E-state index in [9.17, 15) is 9.59 Å². The minimum absolute atomic E-state index is 0.275. The maximum Gasteiger partial charge on any atom is 0.338 e. The number of benzene rings is 6. The van der Waals surface area contributed by atoms with Crippen LogP contribution in [0, 0.1) is 13.8 Å². The fourth-order valence-corrected chi connectivity index (χ4v) is 5.42. The number of hydrogen-bond donors (Lipinski definition) is 2. The summed E-state index contributed by atoms with van der Waals surface area (Å²) in [5, 5.41) is 5.22. The van der Waals surface area contributed by atoms with Crippen LogP contribution >= 0.6 is 0 Å². The monoisotopic (exact) mass is 634 g/mol. The number of aromatic nitrogens is 2. The van der Waals surface area contributed by atoms with E-state index in [0.29, 0.717) is 11.1 Å². The molecule has 0 saturated heterocycles. The van der Waals surface area contributed by atoms with Gasteiger partial charge < -0.3 is 19.4 Å². The molecule has 0 atom stereocenters. The number of H-pyrrole nitrogens is 2. The minimum Gasteiger partial charge on any atom is -0.465 e. The molecule has 0 spiro atoms. The van der Waals surface area contributed by atoms with Crippen LogP contribution in [-0.4, -0.2) is 36.1 Å². The van der Waals surface area contributed by atoms with Gasteiger partial charge in [-0.3, -0.25) is 0 Å². The van der Waals surface area contributed by atoms with Gasteiger partial charge in [0.1, 0.15) is 0 Å². The molecule has 6 aromatic carbocycles. The van der Waals surface area contributed by atoms with Crippen LogP contribution in [0.5, 0.6) is 0 Å². The fourth-order valence-electron chi connectivity index (χ4n) is 5.42. The van der Waals surface area contributed by atoms with Crippen LogP contribution in [0.25, 0.3) is 43.6 Å². The first kappa shape index (κ1) is 33.2. The molecular formula is C42H38N2O4. The second-order valence-corrected chi connectivity index (χ2v) is 11.0. The van der Waals surface area contributed by atoms with Gasteiger partial charge in [-0.1, -0.05) is 109 Å². The van der Waals surface area contributed by atoms with Crippen molar-refractivity contribution in [3.05, 3.63) is 168 Å². The molecule has 0 fully saturated rings. The number of carbonyl (C=O) groups excluding carboxylic acids is 2. The Labute approximate surface area is 280 Å². The number of methoxy groups -OCH3 is 2. The van der Waals surface area contributed by atoms with E-state index in [1.165, 1.54) is 57.8 Å². The van der Waals surface area contributed by atoms with Crippen LogP contribution in [0.3, 0.4) is 0 Å². The highest BCUT2D eigenvalue weighted by molar-refractivity contribution is 6.07. The van der Waals surface area contributed by atoms with Crippen LogP contribution < -0.4 is 0 Å². The summed E-state index contributed by atoms with van der Waals surface area (Å²) >= 11 is 0. The zero-order valence-corrected chi connectivity index (χ0v) is 27.5. The molecule has 8 rings (SSSR count). The Morgan fingerprint density at radius 1 is 0.396 bits per heavy atom. The molecule has 0 aliphatic rings. The SMILES string of the molecule is COC(=O)c1ccccc1C.COC(=O)c1ccccc1C.c1ccc2c(c1)[nH]c1ccccc12.c1ccc2c(c1)[nH]c1ccccc12. The average Bonchev–Trinajstić information content (AvgIpc) is 3.71. The van der Waals surface area contributed by atoms with Gasteiger partial charge in [0.2, 0.25) is 0 Å². The van der Waals surface area contributed by atoms with Gasteiger partial charge in [-0.25, -0.2) is 9.59 Å². The first-order chi connectivity index (χ1) is 23.4. The molecule has 48 heavy (non-hydrogen) atoms. The molecule has 0 aliphatic heterocycles. The lowest BCUT2D eigenvalue weighted by atomic mass is 10.1. The lowest BCUT2D eigenvalue weighted by Gasteiger charge is -2.00. The Balaban J connectivity index is 0.000000126. The highest BCUT2D eigenvalue weighted by Crippen LogP contribution is 2.25. The maximum absolute atomic E-state index is 11.0. The van der Waals surface area contributed by atoms with E-state index in [-0.39, 0.29) is 11.9 Å². The number of hydrogen-bond acceptors (Lipinski definition) is 4. The lowest BCUT2D eigenvalue weighted by Crippen LogP contribution is -2.02. The van der Waals surface area contributed by atoms with Crippen molar-refractivity contribution in [1.82, 2.24) is 9.97 Å². The number of nitrogens with one attached hydrogen (secondary N) is 2. The molecule has 2 N–H and O–H groups in total. The number of aromatic amines is 2. The molecule has 240 valence electrons. The van der Waals surface area contributed by atoms with E-state index >= 15 is 0 Å². The zero-order valence-electron chi connectivity index (χ0n) is 27.5. The van der Waals surface area contributed by atoms with Crippen molar-refractivity contribution in [2.45, 2.75) is 13.8 Å². The molecule has 2 aromatic heterocycles. The molecule has 0 saturated carbocycles. The largest absolute Gasteiger partial charge is 0.465 e. The van der Waals surface area contributed by atoms with E-state index < -0.39 is 0 Å². The topological polar surface area (TPSA) is 84.2 Å². The molecular weight excluding hydrogens is 596 g/mol. The molecule has 0 bridgehead atoms. The highest BCUT2D eigenvalue weighted by Gasteiger charge is 2.07. The summed E-state index contributed by atoms with van der Waals surface area (Å²) in [6, 6.07) is 48.2. The summed E-state index contributed by atoms with van der Waals surface area (Å²) in [5.74, 6) is -0.550. The number of ether oxygens (including phenoxy) is 2. The van der Waals surface area contributed by atoms with Crippen LogP contribution in [0.2, 0.25) is 0 Å². The van der Waals surface area contributed by atoms with Crippen LogP contribution in [0.15, 0.2) is 146 Å². The van der Waals surface area contributed by atoms with Crippen molar-refractivity contribution >= 4 is 55.6 Å². The maximum atomic E-state index is 11.0. The summed E-state index contributed by atoms with van der Waals surface area (Å²) < 4.78 is 9.16. The van der Waals surface area contributed by atoms with E-state index in [0.717, 1.165) is 11.1 Å². The average molecular weight is 635 g/mol. The second-order valence-electron chi connectivity index (χ2n) is 11.0. The van der Waals surface area contributed by atoms with Gasteiger partial charge in [-0.05, 0) is 61.4 Å². The first-order valence-corrected chi connectivity index (χ1v) is 15.6. The third-order valence-corrected chi connectivity index (χ3v) is 7.93. The minimum atomic E-state index is -0.275. The standard InChI is InChI=1S/2C12H9N.2C9H10O2/c2*1-3-7-11-9(5-1)10-6-2-4-8-12(10)13-11;2*1-7-5-3-4-6-8(7)9(10)11-2/h2*1-8,13H;2*3-6H,1-2H3. The summed E-state index contributed by atoms with van der Waals surface area (Å²) in [7, 11) is 2.77. The molecule has 6 heteroatoms. The van der Waals surface area contributed by atoms with Crippen molar-refractivity contribution in [3.8, 4) is 0 Å². The fraction of sp³-hybridized carbons (Fsp3) is 0.0952. The normalized spacial score (nSPS) is 10.2. The van der Waals surface area contributed by atoms with Crippen LogP contribution in [0.1, 0.15) is 31.8 Å². The van der Waals surface area contributed by atoms with Crippen molar-refractivity contribution in [3.63, 3.8) is 0 Å². The Bertz CT molecular complexity index is 2030. The summed E-state index contributed by atoms with van der Waals surface area (Å²) in [5.41, 5.74) is 8.00. The molecule has 6 nitrogen and oxygen atoms in total. The van der Waals surface area contributed by atoms with Gasteiger partial charge in [0.25, 0.3) is 0 Å². The third-order valence-electron chi connectivity index (χ3n) is 7.93. The van der Waals surface area contributed by atoms with E-state index in [1.807, 2.05) is 50.2 Å². The number of para-hydroxylation sites is 4. The molecule has 0 radical (unpaired) electrons. The number of rotatable bonds is 2. The van der Waals surface area contributed by atoms with Crippen molar-refractivity contribution in [2.75, 3.05) is 14.2 Å². The molecule has 0 aliphatic carbocycles. The van der Waals surface area contributed by atoms with Crippen LogP contribution in [0.4, 0.5) is 0 Å². The predicted octanol–water partition coefficient (Wildman–Crippen LogP) is 10.2. The van der Waals surface area contributed by atoms with Crippen molar-refractivity contribution < 1.29 is 19.1 Å². The molecule has 2 heterocycles. The van der Waals surface area contributed by atoms with Gasteiger partial charge in [0, 0.05) is 43.6 Å². The third kappa shape index (κ3) is 7.80.